The van der Waals surface area contributed by atoms with E-state index in [1.165, 1.54) is 5.56 Å². The van der Waals surface area contributed by atoms with E-state index in [1.807, 2.05) is 24.3 Å². The number of fused-ring (bicyclic) bond motifs is 1. The summed E-state index contributed by atoms with van der Waals surface area (Å²) in [7, 11) is 0. The number of carbonyl (C=O) groups is 2. The van der Waals surface area contributed by atoms with Crippen molar-refractivity contribution in [3.8, 4) is 0 Å². The predicted octanol–water partition coefficient (Wildman–Crippen LogP) is 0.418. The van der Waals surface area contributed by atoms with E-state index in [4.69, 9.17) is 0 Å². The van der Waals surface area contributed by atoms with Crippen molar-refractivity contribution in [1.29, 1.82) is 0 Å². The van der Waals surface area contributed by atoms with Gasteiger partial charge in [-0.3, -0.25) is 9.59 Å². The van der Waals surface area contributed by atoms with Crippen molar-refractivity contribution in [2.45, 2.75) is 31.3 Å². The quantitative estimate of drug-likeness (QED) is 0.736. The first kappa shape index (κ1) is 12.0. The molecular weight excluding hydrogens is 242 g/mol. The molecule has 0 aliphatic carbocycles. The molecule has 1 unspecified atom stereocenters. The van der Waals surface area contributed by atoms with E-state index in [1.54, 1.807) is 0 Å². The molecule has 2 heterocycles. The lowest BCUT2D eigenvalue weighted by atomic mass is 10.1. The minimum absolute atomic E-state index is 0.00245. The normalized spacial score (nSPS) is 24.5. The van der Waals surface area contributed by atoms with Gasteiger partial charge in [-0.2, -0.15) is 0 Å². The Labute approximate surface area is 111 Å². The molecule has 0 bridgehead atoms. The highest BCUT2D eigenvalue weighted by molar-refractivity contribution is 5.87. The average Bonchev–Trinajstić information content (AvgIpc) is 3.01. The Morgan fingerprint density at radius 2 is 2.16 bits per heavy atom. The molecule has 3 rings (SSSR count). The first-order valence-corrected chi connectivity index (χ1v) is 6.64. The zero-order chi connectivity index (χ0) is 13.2. The van der Waals surface area contributed by atoms with Gasteiger partial charge in [0, 0.05) is 31.1 Å². The van der Waals surface area contributed by atoms with Gasteiger partial charge in [-0.15, -0.1) is 0 Å². The minimum Gasteiger partial charge on any atom is -0.373 e. The van der Waals surface area contributed by atoms with E-state index < -0.39 is 0 Å². The lowest BCUT2D eigenvalue weighted by Crippen LogP contribution is -2.44. The van der Waals surface area contributed by atoms with E-state index in [-0.39, 0.29) is 23.9 Å². The van der Waals surface area contributed by atoms with Crippen molar-refractivity contribution in [3.63, 3.8) is 0 Å². The van der Waals surface area contributed by atoms with Crippen LogP contribution in [0.15, 0.2) is 24.3 Å². The van der Waals surface area contributed by atoms with Gasteiger partial charge in [-0.1, -0.05) is 18.2 Å². The fourth-order valence-corrected chi connectivity index (χ4v) is 2.63. The fourth-order valence-electron chi connectivity index (χ4n) is 2.63. The number of hydrogen-bond donors (Lipinski definition) is 3. The van der Waals surface area contributed by atoms with E-state index >= 15 is 0 Å². The first-order chi connectivity index (χ1) is 9.22. The third-order valence-electron chi connectivity index (χ3n) is 3.70. The summed E-state index contributed by atoms with van der Waals surface area (Å²) in [5, 5.41) is 8.97. The summed E-state index contributed by atoms with van der Waals surface area (Å²) in [5.74, 6) is 0.0722. The second kappa shape index (κ2) is 4.91. The second-order valence-electron chi connectivity index (χ2n) is 5.11. The number of rotatable bonds is 3. The van der Waals surface area contributed by atoms with Gasteiger partial charge in [0.1, 0.15) is 6.04 Å². The van der Waals surface area contributed by atoms with Crippen molar-refractivity contribution in [2.75, 3.05) is 11.9 Å². The van der Waals surface area contributed by atoms with Gasteiger partial charge < -0.3 is 16.0 Å². The molecule has 100 valence electrons. The van der Waals surface area contributed by atoms with E-state index in [2.05, 4.69) is 16.0 Å². The number of nitrogens with one attached hydrogen (secondary N) is 3. The summed E-state index contributed by atoms with van der Waals surface area (Å²) in [4.78, 5) is 23.1. The molecule has 5 heteroatoms. The number of para-hydroxylation sites is 1. The van der Waals surface area contributed by atoms with Crippen LogP contribution < -0.4 is 16.0 Å². The van der Waals surface area contributed by atoms with Crippen LogP contribution in [-0.2, 0) is 16.0 Å². The largest absolute Gasteiger partial charge is 0.373 e. The smallest absolute Gasteiger partial charge is 0.242 e. The standard InChI is InChI=1S/C14H17N3O2/c18-13-6-5-10(16-13)8-15-14(19)12-7-9-3-1-2-4-11(9)17-12/h1-4,10,12,17H,5-8H2,(H,15,19)(H,16,18)/t10?,12-/m0/s1. The summed E-state index contributed by atoms with van der Waals surface area (Å²) in [6.45, 7) is 0.513. The van der Waals surface area contributed by atoms with Gasteiger partial charge in [0.05, 0.1) is 0 Å². The molecule has 2 aliphatic rings. The lowest BCUT2D eigenvalue weighted by Gasteiger charge is -2.15. The van der Waals surface area contributed by atoms with E-state index in [9.17, 15) is 9.59 Å². The van der Waals surface area contributed by atoms with Gasteiger partial charge in [0.25, 0.3) is 0 Å². The van der Waals surface area contributed by atoms with E-state index in [0.717, 1.165) is 18.5 Å². The molecule has 19 heavy (non-hydrogen) atoms. The Morgan fingerprint density at radius 3 is 2.89 bits per heavy atom. The highest BCUT2D eigenvalue weighted by Gasteiger charge is 2.27. The van der Waals surface area contributed by atoms with Gasteiger partial charge >= 0.3 is 0 Å². The molecule has 1 saturated heterocycles. The van der Waals surface area contributed by atoms with Crippen LogP contribution in [0.2, 0.25) is 0 Å². The average molecular weight is 259 g/mol. The highest BCUT2D eigenvalue weighted by Crippen LogP contribution is 2.25. The predicted molar refractivity (Wildman–Crippen MR) is 71.7 cm³/mol. The molecule has 1 aromatic carbocycles. The molecule has 0 radical (unpaired) electrons. The lowest BCUT2D eigenvalue weighted by molar-refractivity contribution is -0.122. The molecule has 1 fully saturated rings. The zero-order valence-electron chi connectivity index (χ0n) is 10.6. The third kappa shape index (κ3) is 2.54. The molecule has 5 nitrogen and oxygen atoms in total. The number of benzene rings is 1. The van der Waals surface area contributed by atoms with Crippen molar-refractivity contribution >= 4 is 17.5 Å². The van der Waals surface area contributed by atoms with Crippen LogP contribution in [0.4, 0.5) is 5.69 Å². The third-order valence-corrected chi connectivity index (χ3v) is 3.70. The SMILES string of the molecule is O=C1CCC(CNC(=O)[C@@H]2Cc3ccccc3N2)N1. The van der Waals surface area contributed by atoms with Crippen molar-refractivity contribution in [2.24, 2.45) is 0 Å². The summed E-state index contributed by atoms with van der Waals surface area (Å²) in [6.07, 6.45) is 2.09. The topological polar surface area (TPSA) is 70.2 Å². The Bertz CT molecular complexity index is 490. The van der Waals surface area contributed by atoms with Crippen LogP contribution in [0.25, 0.3) is 0 Å². The summed E-state index contributed by atoms with van der Waals surface area (Å²) in [6, 6.07) is 7.84. The number of carbonyl (C=O) groups excluding carboxylic acids is 2. The Kier molecular flexibility index (Phi) is 3.11. The van der Waals surface area contributed by atoms with Crippen LogP contribution >= 0.6 is 0 Å². The Hall–Kier alpha value is -2.04. The molecule has 2 amide bonds. The zero-order valence-corrected chi connectivity index (χ0v) is 10.6. The Balaban J connectivity index is 1.51. The molecule has 2 aliphatic heterocycles. The van der Waals surface area contributed by atoms with Crippen molar-refractivity contribution in [1.82, 2.24) is 10.6 Å². The fraction of sp³-hybridized carbons (Fsp3) is 0.429. The molecule has 3 N–H and O–H groups in total. The molecular formula is C14H17N3O2. The van der Waals surface area contributed by atoms with Crippen LogP contribution in [0.3, 0.4) is 0 Å². The molecule has 2 atom stereocenters. The maximum Gasteiger partial charge on any atom is 0.242 e. The van der Waals surface area contributed by atoms with Crippen LogP contribution in [0.1, 0.15) is 18.4 Å². The maximum atomic E-state index is 12.1. The molecule has 0 spiro atoms. The summed E-state index contributed by atoms with van der Waals surface area (Å²) in [5.41, 5.74) is 2.22. The minimum atomic E-state index is -0.200. The maximum absolute atomic E-state index is 12.1. The van der Waals surface area contributed by atoms with Crippen molar-refractivity contribution < 1.29 is 9.59 Å². The van der Waals surface area contributed by atoms with Gasteiger partial charge in [0.2, 0.25) is 11.8 Å². The summed E-state index contributed by atoms with van der Waals surface area (Å²) >= 11 is 0. The molecule has 0 aromatic heterocycles. The molecule has 1 aromatic rings. The van der Waals surface area contributed by atoms with Gasteiger partial charge in [-0.05, 0) is 18.1 Å². The second-order valence-corrected chi connectivity index (χ2v) is 5.11. The van der Waals surface area contributed by atoms with Crippen LogP contribution in [0, 0.1) is 0 Å². The summed E-state index contributed by atoms with van der Waals surface area (Å²) < 4.78 is 0. The van der Waals surface area contributed by atoms with E-state index in [0.29, 0.717) is 13.0 Å². The highest BCUT2D eigenvalue weighted by atomic mass is 16.2. The molecule has 0 saturated carbocycles. The van der Waals surface area contributed by atoms with Crippen molar-refractivity contribution in [3.05, 3.63) is 29.8 Å². The number of anilines is 1. The Morgan fingerprint density at radius 1 is 1.32 bits per heavy atom. The first-order valence-electron chi connectivity index (χ1n) is 6.64. The van der Waals surface area contributed by atoms with Gasteiger partial charge in [0.15, 0.2) is 0 Å². The van der Waals surface area contributed by atoms with Crippen LogP contribution in [-0.4, -0.2) is 30.4 Å². The van der Waals surface area contributed by atoms with Gasteiger partial charge in [-0.25, -0.2) is 0 Å². The van der Waals surface area contributed by atoms with Crippen LogP contribution in [0.5, 0.6) is 0 Å². The number of amides is 2. The number of hydrogen-bond acceptors (Lipinski definition) is 3. The monoisotopic (exact) mass is 259 g/mol.